The molecule has 155 valence electrons. The monoisotopic (exact) mass is 433 g/mol. The predicted octanol–water partition coefficient (Wildman–Crippen LogP) is 4.96. The van der Waals surface area contributed by atoms with Crippen LogP contribution < -0.4 is 5.73 Å². The van der Waals surface area contributed by atoms with Crippen molar-refractivity contribution in [3.8, 4) is 0 Å². The number of nitrogens with one attached hydrogen (secondary N) is 1. The zero-order chi connectivity index (χ0) is 21.0. The van der Waals surface area contributed by atoms with Crippen molar-refractivity contribution in [3.05, 3.63) is 53.6 Å². The van der Waals surface area contributed by atoms with Crippen molar-refractivity contribution in [2.75, 3.05) is 5.73 Å². The number of imidazole rings is 1. The number of alkyl halides is 3. The molecule has 3 heterocycles. The van der Waals surface area contributed by atoms with Gasteiger partial charge in [-0.1, -0.05) is 11.6 Å². The summed E-state index contributed by atoms with van der Waals surface area (Å²) in [6, 6.07) is 4.45. The molecule has 5 rings (SSSR count). The van der Waals surface area contributed by atoms with Crippen LogP contribution in [0.3, 0.4) is 0 Å². The van der Waals surface area contributed by atoms with Crippen LogP contribution in [0.1, 0.15) is 30.3 Å². The van der Waals surface area contributed by atoms with Crippen molar-refractivity contribution in [3.63, 3.8) is 0 Å². The van der Waals surface area contributed by atoms with Crippen molar-refractivity contribution in [1.82, 2.24) is 24.5 Å². The third-order valence-electron chi connectivity index (χ3n) is 5.71. The van der Waals surface area contributed by atoms with Gasteiger partial charge in [0, 0.05) is 18.7 Å². The summed E-state index contributed by atoms with van der Waals surface area (Å²) in [6.07, 6.45) is 3.51. The highest BCUT2D eigenvalue weighted by atomic mass is 35.5. The van der Waals surface area contributed by atoms with Gasteiger partial charge in [0.2, 0.25) is 0 Å². The fraction of sp³-hybridized carbons (Fsp3) is 0.300. The molecule has 0 spiro atoms. The number of nitrogens with zero attached hydrogens (tertiary/aromatic N) is 4. The van der Waals surface area contributed by atoms with Crippen molar-refractivity contribution in [2.45, 2.75) is 31.5 Å². The Hall–Kier alpha value is -2.81. The second kappa shape index (κ2) is 6.87. The highest BCUT2D eigenvalue weighted by Gasteiger charge is 2.35. The van der Waals surface area contributed by atoms with E-state index < -0.39 is 11.7 Å². The molecule has 6 nitrogen and oxygen atoms in total. The van der Waals surface area contributed by atoms with Crippen LogP contribution in [0.2, 0.25) is 5.02 Å². The zero-order valence-electron chi connectivity index (χ0n) is 15.6. The lowest BCUT2D eigenvalue weighted by Crippen LogP contribution is -2.30. The molecular weight excluding hydrogens is 417 g/mol. The van der Waals surface area contributed by atoms with Crippen LogP contribution in [-0.4, -0.2) is 24.5 Å². The van der Waals surface area contributed by atoms with E-state index in [0.29, 0.717) is 35.0 Å². The van der Waals surface area contributed by atoms with E-state index in [1.165, 1.54) is 12.4 Å². The second-order valence-electron chi connectivity index (χ2n) is 7.49. The Kier molecular flexibility index (Phi) is 4.39. The van der Waals surface area contributed by atoms with E-state index in [9.17, 15) is 13.2 Å². The van der Waals surface area contributed by atoms with Gasteiger partial charge >= 0.3 is 6.18 Å². The molecule has 0 bridgehead atoms. The Labute approximate surface area is 174 Å². The quantitative estimate of drug-likeness (QED) is 0.476. The first-order chi connectivity index (χ1) is 14.3. The van der Waals surface area contributed by atoms with Crippen LogP contribution in [0.15, 0.2) is 30.7 Å². The number of hydrogen-bond donors (Lipinski definition) is 2. The van der Waals surface area contributed by atoms with Gasteiger partial charge in [0.25, 0.3) is 0 Å². The standard InChI is InChI=1S/C20H17ClF3N6/c21-13-8-15-14(7-12(13)20(22,23)24)28-17(29-15)4-2-10-1-3-16(10)30-6-5-11-18(25)26-9-27-19(11)30/h1,5-10,16H,2-4H2,(H,28,29)(H2,25,26,27)/t10-,16+/m0/s1. The Morgan fingerprint density at radius 2 is 2.10 bits per heavy atom. The fourth-order valence-electron chi connectivity index (χ4n) is 4.06. The summed E-state index contributed by atoms with van der Waals surface area (Å²) in [5.74, 6) is 1.40. The third kappa shape index (κ3) is 3.17. The van der Waals surface area contributed by atoms with E-state index >= 15 is 0 Å². The molecule has 4 aromatic rings. The normalized spacial score (nSPS) is 19.5. The number of fused-ring (bicyclic) bond motifs is 2. The molecule has 1 saturated carbocycles. The highest BCUT2D eigenvalue weighted by Crippen LogP contribution is 2.42. The van der Waals surface area contributed by atoms with Crippen LogP contribution >= 0.6 is 11.6 Å². The number of H-pyrrole nitrogens is 1. The number of benzene rings is 1. The van der Waals surface area contributed by atoms with Crippen LogP contribution in [0.4, 0.5) is 19.0 Å². The van der Waals surface area contributed by atoms with Gasteiger partial charge < -0.3 is 15.3 Å². The van der Waals surface area contributed by atoms with E-state index in [2.05, 4.69) is 30.9 Å². The number of aromatic amines is 1. The zero-order valence-corrected chi connectivity index (χ0v) is 16.4. The number of nitrogens with two attached hydrogens (primary N) is 1. The van der Waals surface area contributed by atoms with Gasteiger partial charge in [0.05, 0.1) is 27.0 Å². The minimum atomic E-state index is -4.50. The minimum Gasteiger partial charge on any atom is -0.383 e. The van der Waals surface area contributed by atoms with Gasteiger partial charge in [-0.05, 0) is 43.4 Å². The summed E-state index contributed by atoms with van der Waals surface area (Å²) in [7, 11) is 0. The molecule has 3 N–H and O–H groups in total. The van der Waals surface area contributed by atoms with Crippen molar-refractivity contribution in [2.24, 2.45) is 5.92 Å². The molecule has 2 atom stereocenters. The molecule has 0 unspecified atom stereocenters. The maximum atomic E-state index is 13.1. The SMILES string of the molecule is Nc1ncnc2c1ccn2[C@@H]1C[CH][C@H]1CCc1nc2cc(Cl)c(C(F)(F)F)cc2[nH]1. The number of aryl methyl sites for hydroxylation is 1. The molecule has 1 aromatic carbocycles. The largest absolute Gasteiger partial charge is 0.417 e. The van der Waals surface area contributed by atoms with Gasteiger partial charge in [-0.3, -0.25) is 0 Å². The first-order valence-corrected chi connectivity index (χ1v) is 9.85. The molecule has 3 aromatic heterocycles. The number of nitrogen functional groups attached to an aromatic ring is 1. The highest BCUT2D eigenvalue weighted by molar-refractivity contribution is 6.32. The minimum absolute atomic E-state index is 0.257. The fourth-order valence-corrected chi connectivity index (χ4v) is 4.33. The summed E-state index contributed by atoms with van der Waals surface area (Å²) in [5.41, 5.74) is 6.63. The van der Waals surface area contributed by atoms with E-state index in [0.717, 1.165) is 29.9 Å². The van der Waals surface area contributed by atoms with Crippen LogP contribution in [-0.2, 0) is 12.6 Å². The van der Waals surface area contributed by atoms with Crippen molar-refractivity contribution >= 4 is 39.5 Å². The summed E-state index contributed by atoms with van der Waals surface area (Å²) in [4.78, 5) is 15.8. The van der Waals surface area contributed by atoms with Crippen LogP contribution in [0.5, 0.6) is 0 Å². The van der Waals surface area contributed by atoms with Gasteiger partial charge in [0.1, 0.15) is 23.6 Å². The first-order valence-electron chi connectivity index (χ1n) is 9.47. The van der Waals surface area contributed by atoms with Gasteiger partial charge in [-0.15, -0.1) is 0 Å². The van der Waals surface area contributed by atoms with Gasteiger partial charge in [0.15, 0.2) is 0 Å². The molecule has 1 fully saturated rings. The maximum absolute atomic E-state index is 13.1. The lowest BCUT2D eigenvalue weighted by Gasteiger charge is -2.37. The molecule has 1 radical (unpaired) electrons. The Balaban J connectivity index is 1.33. The molecule has 30 heavy (non-hydrogen) atoms. The number of anilines is 1. The van der Waals surface area contributed by atoms with Gasteiger partial charge in [-0.25, -0.2) is 15.0 Å². The Bertz CT molecular complexity index is 1240. The number of aromatic nitrogens is 5. The van der Waals surface area contributed by atoms with E-state index in [1.807, 2.05) is 12.3 Å². The summed E-state index contributed by atoms with van der Waals surface area (Å²) < 4.78 is 41.3. The molecular formula is C20H17ClF3N6. The smallest absolute Gasteiger partial charge is 0.383 e. The van der Waals surface area contributed by atoms with E-state index in [4.69, 9.17) is 17.3 Å². The molecule has 0 aliphatic heterocycles. The van der Waals surface area contributed by atoms with Crippen LogP contribution in [0, 0.1) is 12.3 Å². The summed E-state index contributed by atoms with van der Waals surface area (Å²) in [5, 5.41) is 0.485. The maximum Gasteiger partial charge on any atom is 0.417 e. The Morgan fingerprint density at radius 3 is 2.83 bits per heavy atom. The number of rotatable bonds is 4. The molecule has 0 saturated heterocycles. The molecule has 1 aliphatic rings. The lowest BCUT2D eigenvalue weighted by atomic mass is 9.76. The third-order valence-corrected chi connectivity index (χ3v) is 6.02. The average Bonchev–Trinajstić information content (AvgIpc) is 3.24. The molecule has 0 amide bonds. The first kappa shape index (κ1) is 19.2. The topological polar surface area (TPSA) is 85.4 Å². The molecule has 10 heteroatoms. The van der Waals surface area contributed by atoms with Crippen molar-refractivity contribution < 1.29 is 13.2 Å². The number of halogens is 4. The summed E-state index contributed by atoms with van der Waals surface area (Å²) >= 11 is 5.79. The van der Waals surface area contributed by atoms with Crippen LogP contribution in [0.25, 0.3) is 22.1 Å². The average molecular weight is 434 g/mol. The van der Waals surface area contributed by atoms with E-state index in [1.54, 1.807) is 0 Å². The Morgan fingerprint density at radius 1 is 1.27 bits per heavy atom. The predicted molar refractivity (Wildman–Crippen MR) is 108 cm³/mol. The van der Waals surface area contributed by atoms with Crippen molar-refractivity contribution in [1.29, 1.82) is 0 Å². The lowest BCUT2D eigenvalue weighted by molar-refractivity contribution is -0.137. The molecule has 1 aliphatic carbocycles. The second-order valence-corrected chi connectivity index (χ2v) is 7.90. The summed E-state index contributed by atoms with van der Waals surface area (Å²) in [6.45, 7) is 0. The van der Waals surface area contributed by atoms with E-state index in [-0.39, 0.29) is 11.1 Å². The van der Waals surface area contributed by atoms with Gasteiger partial charge in [-0.2, -0.15) is 13.2 Å². The number of hydrogen-bond acceptors (Lipinski definition) is 4.